The Labute approximate surface area is 200 Å². The van der Waals surface area contributed by atoms with Crippen molar-refractivity contribution in [1.29, 1.82) is 0 Å². The van der Waals surface area contributed by atoms with Crippen LogP contribution in [0.4, 0.5) is 13.2 Å². The van der Waals surface area contributed by atoms with E-state index in [1.165, 1.54) is 23.8 Å². The molecule has 182 valence electrons. The van der Waals surface area contributed by atoms with Crippen LogP contribution in [0.15, 0.2) is 53.1 Å². The van der Waals surface area contributed by atoms with Gasteiger partial charge in [-0.05, 0) is 24.7 Å². The van der Waals surface area contributed by atoms with Gasteiger partial charge in [-0.1, -0.05) is 35.5 Å². The Morgan fingerprint density at radius 1 is 0.914 bits per heavy atom. The van der Waals surface area contributed by atoms with Crippen LogP contribution in [0, 0.1) is 5.82 Å². The topological polar surface area (TPSA) is 76.1 Å². The average molecular weight is 483 g/mol. The molecule has 1 saturated heterocycles. The lowest BCUT2D eigenvalue weighted by molar-refractivity contribution is 0.116. The third kappa shape index (κ3) is 5.41. The summed E-state index contributed by atoms with van der Waals surface area (Å²) in [4.78, 5) is 4.78. The number of nitrogens with zero attached hydrogens (tertiary/aromatic N) is 7. The van der Waals surface area contributed by atoms with Gasteiger partial charge in [0, 0.05) is 49.4 Å². The smallest absolute Gasteiger partial charge is 0.314 e. The zero-order valence-corrected chi connectivity index (χ0v) is 19.1. The van der Waals surface area contributed by atoms with E-state index in [2.05, 4.69) is 49.5 Å². The fourth-order valence-corrected chi connectivity index (χ4v) is 3.98. The Morgan fingerprint density at radius 2 is 1.66 bits per heavy atom. The third-order valence-corrected chi connectivity index (χ3v) is 6.05. The van der Waals surface area contributed by atoms with Crippen molar-refractivity contribution in [1.82, 2.24) is 35.0 Å². The maximum Gasteiger partial charge on any atom is 0.314 e. The van der Waals surface area contributed by atoms with E-state index in [0.29, 0.717) is 11.3 Å². The van der Waals surface area contributed by atoms with Crippen LogP contribution in [0.25, 0.3) is 22.7 Å². The number of hydrogen-bond donors (Lipinski definition) is 0. The molecule has 1 aliphatic rings. The minimum atomic E-state index is -2.88. The highest BCUT2D eigenvalue weighted by molar-refractivity contribution is 5.58. The van der Waals surface area contributed by atoms with Crippen molar-refractivity contribution < 1.29 is 17.6 Å². The first-order chi connectivity index (χ1) is 16.9. The quantitative estimate of drug-likeness (QED) is 0.395. The van der Waals surface area contributed by atoms with Gasteiger partial charge in [0.1, 0.15) is 11.5 Å². The molecular weight excluding hydrogens is 459 g/mol. The number of piperazine rings is 1. The molecule has 0 bridgehead atoms. The van der Waals surface area contributed by atoms with Crippen molar-refractivity contribution in [3.8, 4) is 22.7 Å². The molecule has 1 aliphatic heterocycles. The molecule has 0 aliphatic carbocycles. The molecule has 1 fully saturated rings. The lowest BCUT2D eigenvalue weighted by Crippen LogP contribution is -2.43. The first kappa shape index (κ1) is 23.2. The fourth-order valence-electron chi connectivity index (χ4n) is 3.98. The van der Waals surface area contributed by atoms with E-state index in [4.69, 9.17) is 4.42 Å². The van der Waals surface area contributed by atoms with E-state index in [1.807, 2.05) is 12.1 Å². The van der Waals surface area contributed by atoms with E-state index >= 15 is 0 Å². The van der Waals surface area contributed by atoms with Gasteiger partial charge in [-0.2, -0.15) is 8.78 Å². The summed E-state index contributed by atoms with van der Waals surface area (Å²) in [6.07, 6.45) is -1.12. The molecule has 0 unspecified atom stereocenters. The van der Waals surface area contributed by atoms with Gasteiger partial charge >= 0.3 is 6.43 Å². The molecular formula is C24H24F3N7O. The molecule has 0 atom stereocenters. The molecule has 0 N–H and O–H groups in total. The van der Waals surface area contributed by atoms with Gasteiger partial charge in [-0.25, -0.2) is 9.07 Å². The summed E-state index contributed by atoms with van der Waals surface area (Å²) in [5, 5.41) is 15.1. The lowest BCUT2D eigenvalue weighted by Gasteiger charge is -2.32. The highest BCUT2D eigenvalue weighted by Crippen LogP contribution is 2.25. The zero-order chi connectivity index (χ0) is 24.4. The second-order valence-electron chi connectivity index (χ2n) is 8.63. The molecule has 11 heteroatoms. The summed E-state index contributed by atoms with van der Waals surface area (Å²) in [5.41, 5.74) is 3.46. The van der Waals surface area contributed by atoms with Gasteiger partial charge < -0.3 is 9.32 Å². The van der Waals surface area contributed by atoms with Crippen LogP contribution in [-0.2, 0) is 13.1 Å². The minimum absolute atomic E-state index is 0.159. The first-order valence-corrected chi connectivity index (χ1v) is 11.3. The molecule has 2 aromatic carbocycles. The lowest BCUT2D eigenvalue weighted by atomic mass is 10.1. The molecule has 0 radical (unpaired) electrons. The van der Waals surface area contributed by atoms with E-state index < -0.39 is 18.1 Å². The Morgan fingerprint density at radius 3 is 2.34 bits per heavy atom. The highest BCUT2D eigenvalue weighted by Gasteiger charge is 2.18. The van der Waals surface area contributed by atoms with E-state index in [-0.39, 0.29) is 18.0 Å². The van der Waals surface area contributed by atoms with E-state index in [1.54, 1.807) is 10.9 Å². The van der Waals surface area contributed by atoms with Crippen LogP contribution in [0.1, 0.15) is 23.4 Å². The van der Waals surface area contributed by atoms with Gasteiger partial charge in [0.25, 0.3) is 5.89 Å². The minimum Gasteiger partial charge on any atom is -0.415 e. The normalized spacial score (nSPS) is 15.2. The molecule has 35 heavy (non-hydrogen) atoms. The Balaban J connectivity index is 1.23. The molecule has 0 amide bonds. The standard InChI is InChI=1S/C24H24F3N7O/c1-32-8-10-33(11-9-32)13-16-2-4-17(5-3-16)21-15-34(31-28-21)14-19-7-6-18(12-20(19)25)23-29-30-24(35-23)22(26)27/h2-7,12,15,22H,8-11,13-14H2,1H3. The predicted octanol–water partition coefficient (Wildman–Crippen LogP) is 3.87. The van der Waals surface area contributed by atoms with Crippen molar-refractivity contribution in [3.05, 3.63) is 71.5 Å². The van der Waals surface area contributed by atoms with Gasteiger partial charge in [0.05, 0.1) is 12.7 Å². The molecule has 3 heterocycles. The van der Waals surface area contributed by atoms with Crippen molar-refractivity contribution in [2.24, 2.45) is 0 Å². The second-order valence-corrected chi connectivity index (χ2v) is 8.63. The molecule has 5 rings (SSSR count). The summed E-state index contributed by atoms with van der Waals surface area (Å²) in [7, 11) is 2.14. The molecule has 0 saturated carbocycles. The number of halogens is 3. The Hall–Kier alpha value is -3.57. The maximum atomic E-state index is 14.7. The average Bonchev–Trinajstić information content (AvgIpc) is 3.53. The summed E-state index contributed by atoms with van der Waals surface area (Å²) in [5.74, 6) is -1.50. The number of alkyl halides is 2. The van der Waals surface area contributed by atoms with Crippen molar-refractivity contribution in [2.75, 3.05) is 33.2 Å². The summed E-state index contributed by atoms with van der Waals surface area (Å²) in [6.45, 7) is 5.38. The molecule has 2 aromatic heterocycles. The first-order valence-electron chi connectivity index (χ1n) is 11.3. The van der Waals surface area contributed by atoms with Gasteiger partial charge in [0.2, 0.25) is 5.89 Å². The molecule has 4 aromatic rings. The van der Waals surface area contributed by atoms with Gasteiger partial charge in [0.15, 0.2) is 0 Å². The van der Waals surface area contributed by atoms with Crippen LogP contribution >= 0.6 is 0 Å². The fraction of sp³-hybridized carbons (Fsp3) is 0.333. The van der Waals surface area contributed by atoms with Crippen molar-refractivity contribution in [2.45, 2.75) is 19.5 Å². The van der Waals surface area contributed by atoms with Gasteiger partial charge in [-0.15, -0.1) is 15.3 Å². The van der Waals surface area contributed by atoms with Crippen LogP contribution in [-0.4, -0.2) is 68.2 Å². The van der Waals surface area contributed by atoms with Crippen LogP contribution in [0.5, 0.6) is 0 Å². The predicted molar refractivity (Wildman–Crippen MR) is 122 cm³/mol. The highest BCUT2D eigenvalue weighted by atomic mass is 19.3. The molecule has 0 spiro atoms. The van der Waals surface area contributed by atoms with Crippen LogP contribution in [0.2, 0.25) is 0 Å². The van der Waals surface area contributed by atoms with E-state index in [9.17, 15) is 13.2 Å². The second kappa shape index (κ2) is 9.96. The maximum absolute atomic E-state index is 14.7. The summed E-state index contributed by atoms with van der Waals surface area (Å²) in [6, 6.07) is 12.5. The van der Waals surface area contributed by atoms with Crippen molar-refractivity contribution in [3.63, 3.8) is 0 Å². The Bertz CT molecular complexity index is 1280. The van der Waals surface area contributed by atoms with Gasteiger partial charge in [-0.3, -0.25) is 4.90 Å². The van der Waals surface area contributed by atoms with Crippen molar-refractivity contribution >= 4 is 0 Å². The number of aromatic nitrogens is 5. The SMILES string of the molecule is CN1CCN(Cc2ccc(-c3cn(Cc4ccc(-c5nnc(C(F)F)o5)cc4F)nn3)cc2)CC1. The number of hydrogen-bond acceptors (Lipinski definition) is 7. The monoisotopic (exact) mass is 483 g/mol. The van der Waals surface area contributed by atoms with E-state index in [0.717, 1.165) is 38.3 Å². The number of benzene rings is 2. The summed E-state index contributed by atoms with van der Waals surface area (Å²) >= 11 is 0. The van der Waals surface area contributed by atoms with Crippen LogP contribution < -0.4 is 0 Å². The number of likely N-dealkylation sites (N-methyl/N-ethyl adjacent to an activating group) is 1. The van der Waals surface area contributed by atoms with Crippen LogP contribution in [0.3, 0.4) is 0 Å². The Kier molecular flexibility index (Phi) is 6.60. The zero-order valence-electron chi connectivity index (χ0n) is 19.1. The molecule has 8 nitrogen and oxygen atoms in total. The largest absolute Gasteiger partial charge is 0.415 e. The third-order valence-electron chi connectivity index (χ3n) is 6.05. The number of rotatable bonds is 7. The summed E-state index contributed by atoms with van der Waals surface area (Å²) < 4.78 is 46.4.